The van der Waals surface area contributed by atoms with Gasteiger partial charge in [0.15, 0.2) is 0 Å². The Labute approximate surface area is 158 Å². The summed E-state index contributed by atoms with van der Waals surface area (Å²) >= 11 is 0.903. The van der Waals surface area contributed by atoms with Crippen molar-refractivity contribution >= 4 is 27.3 Å². The van der Waals surface area contributed by atoms with Crippen LogP contribution in [0.1, 0.15) is 4.88 Å². The zero-order chi connectivity index (χ0) is 19.6. The van der Waals surface area contributed by atoms with Gasteiger partial charge in [0.1, 0.15) is 4.21 Å². The molecule has 10 heteroatoms. The SMILES string of the molecule is CN(Cc1cc(-c2cccnc2F)c(S(=O)(=O)c2ccncc2)s1)C(=O)O. The van der Waals surface area contributed by atoms with Crippen LogP contribution in [0.5, 0.6) is 0 Å². The van der Waals surface area contributed by atoms with Crippen molar-refractivity contribution in [2.45, 2.75) is 15.6 Å². The number of carboxylic acid groups (broad SMARTS) is 1. The van der Waals surface area contributed by atoms with Gasteiger partial charge in [0.25, 0.3) is 0 Å². The number of aromatic nitrogens is 2. The van der Waals surface area contributed by atoms with E-state index in [0.717, 1.165) is 16.2 Å². The summed E-state index contributed by atoms with van der Waals surface area (Å²) in [5, 5.41) is 9.05. The van der Waals surface area contributed by atoms with E-state index in [2.05, 4.69) is 9.97 Å². The van der Waals surface area contributed by atoms with Gasteiger partial charge in [-0.05, 0) is 30.3 Å². The number of halogens is 1. The normalized spacial score (nSPS) is 11.3. The van der Waals surface area contributed by atoms with Crippen LogP contribution in [0.2, 0.25) is 0 Å². The van der Waals surface area contributed by atoms with Gasteiger partial charge in [-0.2, -0.15) is 4.39 Å². The first-order valence-electron chi connectivity index (χ1n) is 7.63. The van der Waals surface area contributed by atoms with Crippen LogP contribution >= 0.6 is 11.3 Å². The molecule has 0 aliphatic carbocycles. The van der Waals surface area contributed by atoms with Gasteiger partial charge < -0.3 is 10.0 Å². The molecule has 3 aromatic heterocycles. The number of hydrogen-bond acceptors (Lipinski definition) is 6. The second kappa shape index (κ2) is 7.41. The summed E-state index contributed by atoms with van der Waals surface area (Å²) in [6.07, 6.45) is 2.81. The van der Waals surface area contributed by atoms with Gasteiger partial charge in [-0.1, -0.05) is 0 Å². The van der Waals surface area contributed by atoms with Crippen molar-refractivity contribution in [2.75, 3.05) is 7.05 Å². The van der Waals surface area contributed by atoms with Crippen LogP contribution in [0.4, 0.5) is 9.18 Å². The summed E-state index contributed by atoms with van der Waals surface area (Å²) in [6.45, 7) is -0.0270. The van der Waals surface area contributed by atoms with Gasteiger partial charge in [-0.25, -0.2) is 18.2 Å². The highest BCUT2D eigenvalue weighted by Gasteiger charge is 2.27. The molecular weight excluding hydrogens is 393 g/mol. The Morgan fingerprint density at radius 2 is 1.93 bits per heavy atom. The van der Waals surface area contributed by atoms with E-state index in [1.165, 1.54) is 56.0 Å². The van der Waals surface area contributed by atoms with E-state index in [0.29, 0.717) is 4.88 Å². The average Bonchev–Trinajstić information content (AvgIpc) is 3.07. The fraction of sp³-hybridized carbons (Fsp3) is 0.118. The Morgan fingerprint density at radius 1 is 1.22 bits per heavy atom. The highest BCUT2D eigenvalue weighted by molar-refractivity contribution is 7.93. The molecule has 0 spiro atoms. The van der Waals surface area contributed by atoms with Crippen LogP contribution in [-0.4, -0.2) is 41.5 Å². The Balaban J connectivity index is 2.18. The second-order valence-electron chi connectivity index (χ2n) is 5.58. The molecule has 3 rings (SSSR count). The Bertz CT molecular complexity index is 1080. The summed E-state index contributed by atoms with van der Waals surface area (Å²) in [6, 6.07) is 7.11. The first-order valence-corrected chi connectivity index (χ1v) is 9.93. The van der Waals surface area contributed by atoms with Crippen LogP contribution in [0.15, 0.2) is 58.0 Å². The number of thiophene rings is 1. The lowest BCUT2D eigenvalue weighted by atomic mass is 10.1. The third kappa shape index (κ3) is 3.81. The van der Waals surface area contributed by atoms with Gasteiger partial charge in [0.2, 0.25) is 15.8 Å². The standard InChI is InChI=1S/C17H14FN3O4S2/c1-21(17(22)23)10-11-9-14(13-3-2-6-20-15(13)18)16(26-11)27(24,25)12-4-7-19-8-5-12/h2-9H,10H2,1H3,(H,22,23). The van der Waals surface area contributed by atoms with E-state index in [1.807, 2.05) is 0 Å². The first-order chi connectivity index (χ1) is 12.8. The molecule has 0 aliphatic heterocycles. The monoisotopic (exact) mass is 407 g/mol. The third-order valence-electron chi connectivity index (χ3n) is 3.72. The van der Waals surface area contributed by atoms with Crippen LogP contribution in [-0.2, 0) is 16.4 Å². The maximum absolute atomic E-state index is 14.2. The van der Waals surface area contributed by atoms with E-state index in [4.69, 9.17) is 5.11 Å². The van der Waals surface area contributed by atoms with E-state index < -0.39 is 21.9 Å². The van der Waals surface area contributed by atoms with Crippen LogP contribution in [0, 0.1) is 5.95 Å². The maximum Gasteiger partial charge on any atom is 0.407 e. The van der Waals surface area contributed by atoms with Crippen LogP contribution < -0.4 is 0 Å². The number of rotatable bonds is 5. The first kappa shape index (κ1) is 18.9. The molecule has 3 aromatic rings. The van der Waals surface area contributed by atoms with Crippen molar-refractivity contribution in [1.82, 2.24) is 14.9 Å². The number of carbonyl (C=O) groups is 1. The Kier molecular flexibility index (Phi) is 5.19. The molecule has 0 saturated carbocycles. The molecule has 0 bridgehead atoms. The smallest absolute Gasteiger partial charge is 0.407 e. The lowest BCUT2D eigenvalue weighted by molar-refractivity contribution is 0.154. The zero-order valence-electron chi connectivity index (χ0n) is 14.0. The lowest BCUT2D eigenvalue weighted by Crippen LogP contribution is -2.23. The van der Waals surface area contributed by atoms with Crippen LogP contribution in [0.3, 0.4) is 0 Å². The molecule has 0 aromatic carbocycles. The molecule has 0 aliphatic rings. The van der Waals surface area contributed by atoms with E-state index in [-0.39, 0.29) is 26.8 Å². The topological polar surface area (TPSA) is 100 Å². The lowest BCUT2D eigenvalue weighted by Gasteiger charge is -2.10. The Morgan fingerprint density at radius 3 is 2.56 bits per heavy atom. The number of pyridine rings is 2. The van der Waals surface area contributed by atoms with Gasteiger partial charge in [-0.3, -0.25) is 4.98 Å². The fourth-order valence-electron chi connectivity index (χ4n) is 2.40. The average molecular weight is 407 g/mol. The van der Waals surface area contributed by atoms with E-state index in [1.54, 1.807) is 0 Å². The molecule has 0 fully saturated rings. The van der Waals surface area contributed by atoms with Crippen molar-refractivity contribution in [3.63, 3.8) is 0 Å². The minimum absolute atomic E-state index is 0.0167. The second-order valence-corrected chi connectivity index (χ2v) is 8.86. The maximum atomic E-state index is 14.2. The minimum Gasteiger partial charge on any atom is -0.465 e. The van der Waals surface area contributed by atoms with Gasteiger partial charge in [0.05, 0.1) is 11.4 Å². The van der Waals surface area contributed by atoms with Crippen molar-refractivity contribution in [3.8, 4) is 11.1 Å². The molecule has 0 unspecified atom stereocenters. The Hall–Kier alpha value is -2.85. The van der Waals surface area contributed by atoms with Gasteiger partial charge in [0, 0.05) is 41.6 Å². The van der Waals surface area contributed by atoms with Gasteiger partial charge >= 0.3 is 6.09 Å². The molecule has 0 saturated heterocycles. The van der Waals surface area contributed by atoms with Gasteiger partial charge in [-0.15, -0.1) is 11.3 Å². The number of amides is 1. The predicted molar refractivity (Wildman–Crippen MR) is 96.7 cm³/mol. The molecule has 3 heterocycles. The summed E-state index contributed by atoms with van der Waals surface area (Å²) in [7, 11) is -2.59. The number of sulfone groups is 1. The number of hydrogen-bond donors (Lipinski definition) is 1. The predicted octanol–water partition coefficient (Wildman–Crippen LogP) is 3.29. The van der Waals surface area contributed by atoms with Crippen molar-refractivity contribution in [1.29, 1.82) is 0 Å². The van der Waals surface area contributed by atoms with E-state index >= 15 is 0 Å². The highest BCUT2D eigenvalue weighted by atomic mass is 32.2. The molecular formula is C17H14FN3O4S2. The molecule has 1 N–H and O–H groups in total. The summed E-state index contributed by atoms with van der Waals surface area (Å²) in [5.74, 6) is -0.806. The molecule has 140 valence electrons. The summed E-state index contributed by atoms with van der Waals surface area (Å²) in [5.41, 5.74) is 0.182. The third-order valence-corrected chi connectivity index (χ3v) is 7.15. The molecule has 7 nitrogen and oxygen atoms in total. The molecule has 0 atom stereocenters. The summed E-state index contributed by atoms with van der Waals surface area (Å²) < 4.78 is 40.3. The molecule has 1 amide bonds. The van der Waals surface area contributed by atoms with E-state index in [9.17, 15) is 17.6 Å². The fourth-order valence-corrected chi connectivity index (χ4v) is 5.55. The molecule has 27 heavy (non-hydrogen) atoms. The van der Waals surface area contributed by atoms with Crippen LogP contribution in [0.25, 0.3) is 11.1 Å². The zero-order valence-corrected chi connectivity index (χ0v) is 15.7. The largest absolute Gasteiger partial charge is 0.465 e. The van der Waals surface area contributed by atoms with Crippen molar-refractivity contribution < 1.29 is 22.7 Å². The van der Waals surface area contributed by atoms with Crippen molar-refractivity contribution in [2.24, 2.45) is 0 Å². The molecule has 0 radical (unpaired) electrons. The minimum atomic E-state index is -3.95. The van der Waals surface area contributed by atoms with Crippen molar-refractivity contribution in [3.05, 3.63) is 59.7 Å². The highest BCUT2D eigenvalue weighted by Crippen LogP contribution is 2.39. The quantitative estimate of drug-likeness (QED) is 0.652. The summed E-state index contributed by atoms with van der Waals surface area (Å²) in [4.78, 5) is 20.0. The number of nitrogens with zero attached hydrogens (tertiary/aromatic N) is 3.